The van der Waals surface area contributed by atoms with Crippen LogP contribution >= 0.6 is 24.0 Å². The first-order chi connectivity index (χ1) is 20.0. The minimum Gasteiger partial charge on any atom is -0.485 e. The van der Waals surface area contributed by atoms with Crippen LogP contribution in [0, 0.1) is 0 Å². The van der Waals surface area contributed by atoms with Crippen molar-refractivity contribution in [1.82, 2.24) is 4.90 Å². The van der Waals surface area contributed by atoms with Crippen LogP contribution in [0.15, 0.2) is 77.7 Å². The third-order valence-electron chi connectivity index (χ3n) is 5.74. The molecule has 4 rings (SSSR count). The highest BCUT2D eigenvalue weighted by Gasteiger charge is 2.33. The average molecular weight is 620 g/mol. The van der Waals surface area contributed by atoms with E-state index in [1.54, 1.807) is 31.4 Å². The normalized spacial score (nSPS) is 15.1. The number of hydrogen-bond donors (Lipinski definition) is 1. The molecule has 0 bridgehead atoms. The van der Waals surface area contributed by atoms with Gasteiger partial charge in [-0.15, -0.1) is 13.2 Å². The average Bonchev–Trinajstić information content (AvgIpc) is 3.19. The maximum Gasteiger partial charge on any atom is 0.573 e. The number of halogens is 3. The van der Waals surface area contributed by atoms with Gasteiger partial charge in [0, 0.05) is 7.11 Å². The van der Waals surface area contributed by atoms with E-state index in [1.165, 1.54) is 24.3 Å². The maximum atomic E-state index is 12.8. The number of carbonyl (C=O) groups is 2. The molecule has 1 N–H and O–H groups in total. The summed E-state index contributed by atoms with van der Waals surface area (Å²) in [5.41, 5.74) is 1.98. The number of thiocarbonyl (C=S) groups is 1. The van der Waals surface area contributed by atoms with Crippen molar-refractivity contribution in [1.29, 1.82) is 0 Å². The Morgan fingerprint density at radius 2 is 1.79 bits per heavy atom. The van der Waals surface area contributed by atoms with Gasteiger partial charge in [0.25, 0.3) is 5.91 Å². The molecule has 1 heterocycles. The second-order valence-corrected chi connectivity index (χ2v) is 10.5. The highest BCUT2D eigenvalue weighted by Crippen LogP contribution is 2.37. The van der Waals surface area contributed by atoms with Gasteiger partial charge in [0.2, 0.25) is 0 Å². The Hall–Kier alpha value is -4.07. The van der Waals surface area contributed by atoms with Crippen LogP contribution in [0.5, 0.6) is 17.2 Å². The van der Waals surface area contributed by atoms with Crippen LogP contribution in [0.1, 0.15) is 22.8 Å². The quantitative estimate of drug-likeness (QED) is 0.187. The van der Waals surface area contributed by atoms with Gasteiger partial charge in [-0.05, 0) is 47.0 Å². The first-order valence-corrected chi connectivity index (χ1v) is 13.5. The Morgan fingerprint density at radius 3 is 2.43 bits per heavy atom. The molecule has 13 heteroatoms. The number of thioether (sulfide) groups is 1. The molecule has 8 nitrogen and oxygen atoms in total. The number of benzene rings is 3. The number of carboxylic acids is 1. The topological polar surface area (TPSA) is 94.5 Å². The number of hydrogen-bond acceptors (Lipinski definition) is 8. The van der Waals surface area contributed by atoms with Crippen LogP contribution in [0.4, 0.5) is 13.2 Å². The molecule has 220 valence electrons. The van der Waals surface area contributed by atoms with Gasteiger partial charge >= 0.3 is 12.3 Å². The number of carboxylic acid groups (broad SMARTS) is 1. The zero-order valence-electron chi connectivity index (χ0n) is 22.0. The van der Waals surface area contributed by atoms with Gasteiger partial charge in [-0.1, -0.05) is 72.5 Å². The summed E-state index contributed by atoms with van der Waals surface area (Å²) < 4.78 is 59.2. The predicted molar refractivity (Wildman–Crippen MR) is 153 cm³/mol. The molecule has 0 saturated carbocycles. The highest BCUT2D eigenvalue weighted by molar-refractivity contribution is 8.26. The smallest absolute Gasteiger partial charge is 0.485 e. The minimum absolute atomic E-state index is 0.0101. The van der Waals surface area contributed by atoms with Crippen molar-refractivity contribution in [3.63, 3.8) is 0 Å². The van der Waals surface area contributed by atoms with E-state index in [1.807, 2.05) is 30.3 Å². The molecule has 0 spiro atoms. The summed E-state index contributed by atoms with van der Waals surface area (Å²) >= 11 is 6.17. The minimum atomic E-state index is -4.79. The molecular weight excluding hydrogens is 595 g/mol. The van der Waals surface area contributed by atoms with E-state index in [0.717, 1.165) is 22.2 Å². The molecular formula is C29H24F3NO7S2. The summed E-state index contributed by atoms with van der Waals surface area (Å²) in [7, 11) is 1.54. The fourth-order valence-corrected chi connectivity index (χ4v) is 5.12. The number of nitrogens with zero attached hydrogens (tertiary/aromatic N) is 1. The molecule has 1 aliphatic heterocycles. The van der Waals surface area contributed by atoms with E-state index in [-0.39, 0.29) is 28.2 Å². The standard InChI is InChI=1S/C29H24F3NO7S2/c1-37-17-24(20-5-3-2-4-6-20)39-23-13-19(14-25-27(36)33(15-26(34)35)28(41)42-25)9-12-22(23)38-16-18-7-10-21(11-8-18)40-29(30,31)32/h2-14,24H,15-17H2,1H3,(H,34,35)/b25-14-. The Labute approximate surface area is 248 Å². The number of carbonyl (C=O) groups excluding carboxylic acids is 1. The molecule has 42 heavy (non-hydrogen) atoms. The number of methoxy groups -OCH3 is 1. The maximum absolute atomic E-state index is 12.8. The van der Waals surface area contributed by atoms with Crippen LogP contribution in [0.3, 0.4) is 0 Å². The zero-order chi connectivity index (χ0) is 30.3. The Balaban J connectivity index is 1.61. The lowest BCUT2D eigenvalue weighted by Gasteiger charge is -2.21. The van der Waals surface area contributed by atoms with Crippen LogP contribution in [-0.4, -0.2) is 52.8 Å². The number of aliphatic carboxylic acids is 1. The summed E-state index contributed by atoms with van der Waals surface area (Å²) in [5.74, 6) is -1.41. The fraction of sp³-hybridized carbons (Fsp3) is 0.207. The van der Waals surface area contributed by atoms with Crippen molar-refractivity contribution < 1.29 is 46.8 Å². The van der Waals surface area contributed by atoms with Gasteiger partial charge in [0.05, 0.1) is 11.5 Å². The number of ether oxygens (including phenoxy) is 4. The Kier molecular flexibility index (Phi) is 10.1. The molecule has 3 aromatic carbocycles. The summed E-state index contributed by atoms with van der Waals surface area (Å²) in [6.07, 6.45) is -3.74. The fourth-order valence-electron chi connectivity index (χ4n) is 3.87. The van der Waals surface area contributed by atoms with Gasteiger partial charge in [-0.3, -0.25) is 14.5 Å². The third kappa shape index (κ3) is 8.47. The molecule has 1 fully saturated rings. The van der Waals surface area contributed by atoms with Crippen LogP contribution in [0.2, 0.25) is 0 Å². The van der Waals surface area contributed by atoms with Crippen molar-refractivity contribution in [2.75, 3.05) is 20.3 Å². The molecule has 1 aliphatic rings. The molecule has 1 unspecified atom stereocenters. The monoisotopic (exact) mass is 619 g/mol. The van der Waals surface area contributed by atoms with E-state index in [0.29, 0.717) is 22.6 Å². The summed E-state index contributed by atoms with van der Waals surface area (Å²) in [6.45, 7) is -0.319. The summed E-state index contributed by atoms with van der Waals surface area (Å²) in [6, 6.07) is 19.6. The SMILES string of the molecule is COCC(Oc1cc(/C=C2\SC(=S)N(CC(=O)O)C2=O)ccc1OCc1ccc(OC(F)(F)F)cc1)c1ccccc1. The molecule has 1 amide bonds. The highest BCUT2D eigenvalue weighted by atomic mass is 32.2. The lowest BCUT2D eigenvalue weighted by Crippen LogP contribution is -2.33. The number of alkyl halides is 3. The van der Waals surface area contributed by atoms with Crippen molar-refractivity contribution in [3.8, 4) is 17.2 Å². The largest absolute Gasteiger partial charge is 0.573 e. The van der Waals surface area contributed by atoms with E-state index >= 15 is 0 Å². The van der Waals surface area contributed by atoms with Gasteiger partial charge in [0.1, 0.15) is 29.3 Å². The molecule has 1 atom stereocenters. The van der Waals surface area contributed by atoms with Crippen molar-refractivity contribution >= 4 is 46.3 Å². The van der Waals surface area contributed by atoms with E-state index in [4.69, 9.17) is 31.5 Å². The van der Waals surface area contributed by atoms with Crippen LogP contribution in [0.25, 0.3) is 6.08 Å². The van der Waals surface area contributed by atoms with Crippen molar-refractivity contribution in [2.45, 2.75) is 19.1 Å². The lowest BCUT2D eigenvalue weighted by molar-refractivity contribution is -0.274. The third-order valence-corrected chi connectivity index (χ3v) is 7.12. The van der Waals surface area contributed by atoms with Gasteiger partial charge in [0.15, 0.2) is 11.5 Å². The second-order valence-electron chi connectivity index (χ2n) is 8.82. The lowest BCUT2D eigenvalue weighted by atomic mass is 10.1. The van der Waals surface area contributed by atoms with Gasteiger partial charge in [-0.25, -0.2) is 0 Å². The van der Waals surface area contributed by atoms with E-state index < -0.39 is 30.9 Å². The molecule has 3 aromatic rings. The Bertz CT molecular complexity index is 1460. The molecule has 0 aliphatic carbocycles. The van der Waals surface area contributed by atoms with Crippen LogP contribution in [-0.2, 0) is 20.9 Å². The predicted octanol–water partition coefficient (Wildman–Crippen LogP) is 6.22. The number of rotatable bonds is 12. The number of amides is 1. The zero-order valence-corrected chi connectivity index (χ0v) is 23.6. The summed E-state index contributed by atoms with van der Waals surface area (Å²) in [4.78, 5) is 25.1. The second kappa shape index (κ2) is 13.7. The molecule has 0 radical (unpaired) electrons. The van der Waals surface area contributed by atoms with Gasteiger partial charge < -0.3 is 24.1 Å². The molecule has 1 saturated heterocycles. The Morgan fingerprint density at radius 1 is 1.07 bits per heavy atom. The molecule has 0 aromatic heterocycles. The first-order valence-electron chi connectivity index (χ1n) is 12.3. The van der Waals surface area contributed by atoms with Crippen molar-refractivity contribution in [2.24, 2.45) is 0 Å². The van der Waals surface area contributed by atoms with Crippen molar-refractivity contribution in [3.05, 3.63) is 94.4 Å². The summed E-state index contributed by atoms with van der Waals surface area (Å²) in [5, 5.41) is 9.09. The first kappa shape index (κ1) is 30.9. The van der Waals surface area contributed by atoms with Crippen LogP contribution < -0.4 is 14.2 Å². The van der Waals surface area contributed by atoms with Gasteiger partial charge in [-0.2, -0.15) is 0 Å². The van der Waals surface area contributed by atoms with E-state index in [9.17, 15) is 22.8 Å². The van der Waals surface area contributed by atoms with E-state index in [2.05, 4.69) is 4.74 Å².